The van der Waals surface area contributed by atoms with Crippen molar-refractivity contribution in [1.82, 2.24) is 0 Å². The van der Waals surface area contributed by atoms with Gasteiger partial charge < -0.3 is 24.0 Å². The van der Waals surface area contributed by atoms with E-state index in [1.165, 1.54) is 0 Å². The number of rotatable bonds is 0. The molecule has 0 aromatic rings. The van der Waals surface area contributed by atoms with Gasteiger partial charge in [0.15, 0.2) is 0 Å². The average Bonchev–Trinajstić information content (AvgIpc) is 1.00. The summed E-state index contributed by atoms with van der Waals surface area (Å²) in [5.41, 5.74) is 0. The first-order valence-electron chi connectivity index (χ1n) is 0.143. The van der Waals surface area contributed by atoms with Crippen molar-refractivity contribution in [3.05, 3.63) is 0 Å². The van der Waals surface area contributed by atoms with Crippen LogP contribution < -0.4 is 92.9 Å². The standard InChI is InChI=1S/Cs.I2.HI/c;1-2;/h;;1H/q+1;;/p-1. The van der Waals surface area contributed by atoms with Crippen LogP contribution >= 0.6 is 37.2 Å². The van der Waals surface area contributed by atoms with E-state index in [1.807, 2.05) is 0 Å². The van der Waals surface area contributed by atoms with Crippen LogP contribution in [0.1, 0.15) is 0 Å². The summed E-state index contributed by atoms with van der Waals surface area (Å²) in [6, 6.07) is 0. The van der Waals surface area contributed by atoms with Gasteiger partial charge in [-0.3, -0.25) is 0 Å². The summed E-state index contributed by atoms with van der Waals surface area (Å²) in [5, 5.41) is 0. The molecule has 0 fully saturated rings. The number of halogens is 3. The van der Waals surface area contributed by atoms with Crippen molar-refractivity contribution in [2.24, 2.45) is 0 Å². The van der Waals surface area contributed by atoms with E-state index in [4.69, 9.17) is 0 Å². The van der Waals surface area contributed by atoms with Gasteiger partial charge in [0.05, 0.1) is 0 Å². The molecule has 0 aliphatic heterocycles. The number of hydrogen-bond acceptors (Lipinski definition) is 0. The molecule has 0 aromatic carbocycles. The van der Waals surface area contributed by atoms with Gasteiger partial charge in [-0.2, -0.15) is 0 Å². The van der Waals surface area contributed by atoms with Crippen LogP contribution in [-0.4, -0.2) is 0 Å². The summed E-state index contributed by atoms with van der Waals surface area (Å²) >= 11 is 4.24. The molecular weight excluding hydrogens is 514 g/mol. The molecule has 0 rings (SSSR count). The molecule has 0 N–H and O–H groups in total. The minimum atomic E-state index is 0. The Hall–Kier alpha value is 4.24. The smallest absolute Gasteiger partial charge is 1.00 e. The van der Waals surface area contributed by atoms with E-state index in [1.54, 1.807) is 0 Å². The molecule has 0 aliphatic rings. The van der Waals surface area contributed by atoms with E-state index in [0.29, 0.717) is 0 Å². The van der Waals surface area contributed by atoms with Crippen LogP contribution in [0.25, 0.3) is 0 Å². The summed E-state index contributed by atoms with van der Waals surface area (Å²) in [7, 11) is 0. The van der Waals surface area contributed by atoms with Crippen LogP contribution in [0.2, 0.25) is 0 Å². The van der Waals surface area contributed by atoms with E-state index in [-0.39, 0.29) is 92.9 Å². The molecule has 0 unspecified atom stereocenters. The quantitative estimate of drug-likeness (QED) is 0.288. The van der Waals surface area contributed by atoms with Crippen molar-refractivity contribution in [2.45, 2.75) is 0 Å². The fourth-order valence-corrected chi connectivity index (χ4v) is 0. The summed E-state index contributed by atoms with van der Waals surface area (Å²) < 4.78 is 0. The molecule has 4 heavy (non-hydrogen) atoms. The zero-order chi connectivity index (χ0) is 2.00. The van der Waals surface area contributed by atoms with Crippen LogP contribution in [0.3, 0.4) is 0 Å². The van der Waals surface area contributed by atoms with E-state index in [0.717, 1.165) is 0 Å². The fraction of sp³-hybridized carbons (Fsp3) is 0. The second-order valence-corrected chi connectivity index (χ2v) is 0. The maximum atomic E-state index is 2.12. The predicted octanol–water partition coefficient (Wildman–Crippen LogP) is -4.22. The predicted molar refractivity (Wildman–Crippen MR) is 28.0 cm³/mol. The maximum absolute atomic E-state index is 2.12. The third-order valence-corrected chi connectivity index (χ3v) is 0. The van der Waals surface area contributed by atoms with Gasteiger partial charge in [-0.15, -0.1) is 0 Å². The van der Waals surface area contributed by atoms with E-state index in [2.05, 4.69) is 37.2 Å². The number of hydrogen-bond donors (Lipinski definition) is 0. The first-order valence-corrected chi connectivity index (χ1v) is 6.43. The molecule has 0 bridgehead atoms. The summed E-state index contributed by atoms with van der Waals surface area (Å²) in [5.74, 6) is 0. The molecule has 22 valence electrons. The Bertz CT molecular complexity index is 3.25. The molecule has 0 saturated heterocycles. The summed E-state index contributed by atoms with van der Waals surface area (Å²) in [6.07, 6.45) is 0. The van der Waals surface area contributed by atoms with Crippen molar-refractivity contribution >= 4 is 37.2 Å². The first kappa shape index (κ1) is 15.7. The average molecular weight is 514 g/mol. The van der Waals surface area contributed by atoms with Crippen LogP contribution in [0.5, 0.6) is 0 Å². The third kappa shape index (κ3) is 9.53. The fourth-order valence-electron chi connectivity index (χ4n) is 0. The SMILES string of the molecule is II.[Cs+].[I-]. The second-order valence-electron chi connectivity index (χ2n) is 0. The Kier molecular flexibility index (Phi) is 61.7. The molecule has 0 aromatic heterocycles. The van der Waals surface area contributed by atoms with Crippen molar-refractivity contribution in [3.63, 3.8) is 0 Å². The van der Waals surface area contributed by atoms with Crippen LogP contribution in [0, 0.1) is 0 Å². The van der Waals surface area contributed by atoms with E-state index in [9.17, 15) is 0 Å². The van der Waals surface area contributed by atoms with Gasteiger partial charge in [0, 0.05) is 37.2 Å². The Morgan fingerprint density at radius 1 is 1.00 bits per heavy atom. The van der Waals surface area contributed by atoms with Gasteiger partial charge in [-0.25, -0.2) is 0 Å². The molecule has 0 amide bonds. The molecule has 0 heterocycles. The Morgan fingerprint density at radius 3 is 1.00 bits per heavy atom. The van der Waals surface area contributed by atoms with Crippen LogP contribution in [0.4, 0.5) is 0 Å². The van der Waals surface area contributed by atoms with Crippen molar-refractivity contribution < 1.29 is 92.9 Å². The Labute approximate surface area is 125 Å². The third-order valence-electron chi connectivity index (χ3n) is 0. The summed E-state index contributed by atoms with van der Waals surface area (Å²) in [6.45, 7) is 0. The summed E-state index contributed by atoms with van der Waals surface area (Å²) in [4.78, 5) is 0. The molecule has 0 atom stereocenters. The van der Waals surface area contributed by atoms with Crippen molar-refractivity contribution in [3.8, 4) is 0 Å². The van der Waals surface area contributed by atoms with Crippen LogP contribution in [-0.2, 0) is 0 Å². The largest absolute Gasteiger partial charge is 1.00 e. The van der Waals surface area contributed by atoms with Gasteiger partial charge in [0.25, 0.3) is 0 Å². The molecule has 0 nitrogen and oxygen atoms in total. The molecule has 0 spiro atoms. The molecular formula is CsI3. The van der Waals surface area contributed by atoms with Gasteiger partial charge in [-0.05, 0) is 0 Å². The van der Waals surface area contributed by atoms with Gasteiger partial charge in [-0.1, -0.05) is 0 Å². The molecule has 0 saturated carbocycles. The zero-order valence-corrected chi connectivity index (χ0v) is 14.9. The van der Waals surface area contributed by atoms with Crippen molar-refractivity contribution in [1.29, 1.82) is 0 Å². The minimum Gasteiger partial charge on any atom is -1.00 e. The molecule has 4 heteroatoms. The van der Waals surface area contributed by atoms with Gasteiger partial charge in [0.2, 0.25) is 0 Å². The van der Waals surface area contributed by atoms with Gasteiger partial charge >= 0.3 is 68.9 Å². The Morgan fingerprint density at radius 2 is 1.00 bits per heavy atom. The van der Waals surface area contributed by atoms with Gasteiger partial charge in [0.1, 0.15) is 0 Å². The zero-order valence-electron chi connectivity index (χ0n) is 2.13. The van der Waals surface area contributed by atoms with Crippen molar-refractivity contribution in [2.75, 3.05) is 0 Å². The normalized spacial score (nSPS) is 1.50. The Balaban J connectivity index is -0.00000000500. The monoisotopic (exact) mass is 514 g/mol. The first-order chi connectivity index (χ1) is 1.00. The minimum absolute atomic E-state index is 0. The maximum Gasteiger partial charge on any atom is 1.00 e. The van der Waals surface area contributed by atoms with E-state index >= 15 is 0 Å². The molecule has 0 radical (unpaired) electrons. The van der Waals surface area contributed by atoms with Crippen LogP contribution in [0.15, 0.2) is 0 Å². The second kappa shape index (κ2) is 15.7. The molecule has 0 aliphatic carbocycles. The topological polar surface area (TPSA) is 0 Å². The van der Waals surface area contributed by atoms with E-state index < -0.39 is 0 Å².